The molecule has 8 rings (SSSR count). The second-order valence-corrected chi connectivity index (χ2v) is 11.2. The molecule has 190 valence electrons. The first-order valence-electron chi connectivity index (χ1n) is 13.8. The summed E-state index contributed by atoms with van der Waals surface area (Å²) >= 11 is 0. The van der Waals surface area contributed by atoms with Crippen molar-refractivity contribution in [3.05, 3.63) is 139 Å². The standard InChI is InChI=1S/C38H27NO/c1-38(2)31-15-8-6-13-27(31)28-20-19-25(22-32(28)38)30-21-26(23-36-37(30)29-14-7-9-18-35(29)40-36)34-17-10-16-33(39-34)24-11-4-3-5-12-24/h3-23H,1-2H3. The van der Waals surface area contributed by atoms with Crippen LogP contribution in [-0.4, -0.2) is 4.98 Å². The monoisotopic (exact) mass is 513 g/mol. The van der Waals surface area contributed by atoms with E-state index >= 15 is 0 Å². The van der Waals surface area contributed by atoms with Gasteiger partial charge in [-0.1, -0.05) is 105 Å². The maximum Gasteiger partial charge on any atom is 0.136 e. The molecule has 0 radical (unpaired) electrons. The van der Waals surface area contributed by atoms with Crippen molar-refractivity contribution in [3.63, 3.8) is 0 Å². The SMILES string of the molecule is CC1(C)c2ccccc2-c2ccc(-c3cc(-c4cccc(-c5ccccc5)n4)cc4oc5ccccc5c34)cc21. The zero-order chi connectivity index (χ0) is 26.8. The van der Waals surface area contributed by atoms with Gasteiger partial charge < -0.3 is 4.42 Å². The molecule has 2 aromatic heterocycles. The van der Waals surface area contributed by atoms with Gasteiger partial charge in [-0.2, -0.15) is 0 Å². The number of hydrogen-bond acceptors (Lipinski definition) is 2. The van der Waals surface area contributed by atoms with Gasteiger partial charge in [-0.25, -0.2) is 4.98 Å². The van der Waals surface area contributed by atoms with E-state index in [1.165, 1.54) is 33.4 Å². The molecule has 7 aromatic rings. The molecule has 0 saturated heterocycles. The Morgan fingerprint density at radius 3 is 2.10 bits per heavy atom. The molecule has 0 N–H and O–H groups in total. The summed E-state index contributed by atoms with van der Waals surface area (Å²) in [6, 6.07) is 45.1. The highest BCUT2D eigenvalue weighted by atomic mass is 16.3. The number of para-hydroxylation sites is 1. The Morgan fingerprint density at radius 2 is 1.23 bits per heavy atom. The Hall–Kier alpha value is -4.95. The van der Waals surface area contributed by atoms with Gasteiger partial charge in [-0.15, -0.1) is 0 Å². The number of aromatic nitrogens is 1. The average Bonchev–Trinajstić information content (AvgIpc) is 3.49. The number of rotatable bonds is 3. The van der Waals surface area contributed by atoms with Crippen LogP contribution in [0.3, 0.4) is 0 Å². The number of fused-ring (bicyclic) bond motifs is 6. The Bertz CT molecular complexity index is 2080. The van der Waals surface area contributed by atoms with Crippen molar-refractivity contribution in [2.24, 2.45) is 0 Å². The zero-order valence-corrected chi connectivity index (χ0v) is 22.5. The van der Waals surface area contributed by atoms with Gasteiger partial charge in [0.2, 0.25) is 0 Å². The lowest BCUT2D eigenvalue weighted by Crippen LogP contribution is -2.14. The van der Waals surface area contributed by atoms with E-state index in [2.05, 4.69) is 129 Å². The van der Waals surface area contributed by atoms with Crippen LogP contribution in [0.5, 0.6) is 0 Å². The lowest BCUT2D eigenvalue weighted by Gasteiger charge is -2.22. The van der Waals surface area contributed by atoms with E-state index in [0.29, 0.717) is 0 Å². The van der Waals surface area contributed by atoms with E-state index < -0.39 is 0 Å². The summed E-state index contributed by atoms with van der Waals surface area (Å²) in [5.74, 6) is 0. The van der Waals surface area contributed by atoms with E-state index in [0.717, 1.165) is 44.5 Å². The summed E-state index contributed by atoms with van der Waals surface area (Å²) in [6.45, 7) is 4.67. The van der Waals surface area contributed by atoms with Gasteiger partial charge in [0.15, 0.2) is 0 Å². The molecule has 0 aliphatic heterocycles. The van der Waals surface area contributed by atoms with Crippen molar-refractivity contribution >= 4 is 21.9 Å². The van der Waals surface area contributed by atoms with Crippen LogP contribution < -0.4 is 0 Å². The normalized spacial score (nSPS) is 13.4. The van der Waals surface area contributed by atoms with Crippen molar-refractivity contribution in [1.82, 2.24) is 4.98 Å². The molecule has 2 heteroatoms. The molecule has 5 aromatic carbocycles. The smallest absolute Gasteiger partial charge is 0.136 e. The minimum absolute atomic E-state index is 0.0668. The topological polar surface area (TPSA) is 26.0 Å². The lowest BCUT2D eigenvalue weighted by atomic mass is 9.81. The quantitative estimate of drug-likeness (QED) is 0.235. The predicted octanol–water partition coefficient (Wildman–Crippen LogP) is 10.3. The largest absolute Gasteiger partial charge is 0.456 e. The molecule has 0 spiro atoms. The molecule has 1 aliphatic rings. The van der Waals surface area contributed by atoms with Gasteiger partial charge in [0.25, 0.3) is 0 Å². The van der Waals surface area contributed by atoms with Gasteiger partial charge in [-0.05, 0) is 69.8 Å². The molecule has 0 bridgehead atoms. The average molecular weight is 514 g/mol. The second kappa shape index (κ2) is 8.53. The highest BCUT2D eigenvalue weighted by molar-refractivity contribution is 6.13. The van der Waals surface area contributed by atoms with Crippen LogP contribution in [-0.2, 0) is 5.41 Å². The van der Waals surface area contributed by atoms with Crippen molar-refractivity contribution in [3.8, 4) is 44.8 Å². The fraction of sp³-hybridized carbons (Fsp3) is 0.0789. The summed E-state index contributed by atoms with van der Waals surface area (Å²) in [6.07, 6.45) is 0. The van der Waals surface area contributed by atoms with Crippen LogP contribution in [0.25, 0.3) is 66.7 Å². The van der Waals surface area contributed by atoms with E-state index in [-0.39, 0.29) is 5.41 Å². The highest BCUT2D eigenvalue weighted by Crippen LogP contribution is 2.50. The lowest BCUT2D eigenvalue weighted by molar-refractivity contribution is 0.660. The summed E-state index contributed by atoms with van der Waals surface area (Å²) in [4.78, 5) is 5.08. The fourth-order valence-electron chi connectivity index (χ4n) is 6.47. The van der Waals surface area contributed by atoms with E-state index in [4.69, 9.17) is 9.40 Å². The maximum atomic E-state index is 6.45. The van der Waals surface area contributed by atoms with Gasteiger partial charge in [-0.3, -0.25) is 0 Å². The first-order valence-corrected chi connectivity index (χ1v) is 13.8. The zero-order valence-electron chi connectivity index (χ0n) is 22.5. The predicted molar refractivity (Wildman–Crippen MR) is 165 cm³/mol. The first kappa shape index (κ1) is 23.0. The van der Waals surface area contributed by atoms with Crippen LogP contribution in [0.1, 0.15) is 25.0 Å². The van der Waals surface area contributed by atoms with Crippen LogP contribution in [0.2, 0.25) is 0 Å². The van der Waals surface area contributed by atoms with Crippen LogP contribution >= 0.6 is 0 Å². The minimum Gasteiger partial charge on any atom is -0.456 e. The maximum absolute atomic E-state index is 6.45. The molecule has 0 fully saturated rings. The third-order valence-corrected chi connectivity index (χ3v) is 8.49. The summed E-state index contributed by atoms with van der Waals surface area (Å²) in [7, 11) is 0. The van der Waals surface area contributed by atoms with Crippen molar-refractivity contribution in [2.75, 3.05) is 0 Å². The summed E-state index contributed by atoms with van der Waals surface area (Å²) < 4.78 is 6.45. The van der Waals surface area contributed by atoms with Gasteiger partial charge in [0, 0.05) is 27.3 Å². The van der Waals surface area contributed by atoms with Crippen molar-refractivity contribution < 1.29 is 4.42 Å². The fourth-order valence-corrected chi connectivity index (χ4v) is 6.47. The van der Waals surface area contributed by atoms with Crippen LogP contribution in [0.15, 0.2) is 132 Å². The Kier molecular flexibility index (Phi) is 4.90. The Balaban J connectivity index is 1.37. The third kappa shape index (κ3) is 3.39. The number of hydrogen-bond donors (Lipinski definition) is 0. The number of furan rings is 1. The molecule has 40 heavy (non-hydrogen) atoms. The first-order chi connectivity index (χ1) is 19.6. The molecule has 0 amide bonds. The molecular weight excluding hydrogens is 486 g/mol. The highest BCUT2D eigenvalue weighted by Gasteiger charge is 2.35. The molecule has 0 unspecified atom stereocenters. The number of benzene rings is 5. The Morgan fingerprint density at radius 1 is 0.500 bits per heavy atom. The number of pyridine rings is 1. The van der Waals surface area contributed by atoms with Crippen LogP contribution in [0, 0.1) is 0 Å². The molecule has 2 heterocycles. The molecule has 0 saturated carbocycles. The molecular formula is C38H27NO. The minimum atomic E-state index is -0.0668. The van der Waals surface area contributed by atoms with Crippen molar-refractivity contribution in [2.45, 2.75) is 19.3 Å². The van der Waals surface area contributed by atoms with Gasteiger partial charge >= 0.3 is 0 Å². The van der Waals surface area contributed by atoms with E-state index in [1.807, 2.05) is 12.1 Å². The second-order valence-electron chi connectivity index (χ2n) is 11.2. The van der Waals surface area contributed by atoms with Gasteiger partial charge in [0.05, 0.1) is 11.4 Å². The molecule has 1 aliphatic carbocycles. The summed E-state index contributed by atoms with van der Waals surface area (Å²) in [5, 5.41) is 2.28. The van der Waals surface area contributed by atoms with E-state index in [1.54, 1.807) is 0 Å². The van der Waals surface area contributed by atoms with Gasteiger partial charge in [0.1, 0.15) is 11.2 Å². The van der Waals surface area contributed by atoms with Crippen LogP contribution in [0.4, 0.5) is 0 Å². The number of nitrogens with zero attached hydrogens (tertiary/aromatic N) is 1. The summed E-state index contributed by atoms with van der Waals surface area (Å²) in [5.41, 5.74) is 13.5. The van der Waals surface area contributed by atoms with E-state index in [9.17, 15) is 0 Å². The van der Waals surface area contributed by atoms with Crippen molar-refractivity contribution in [1.29, 1.82) is 0 Å². The third-order valence-electron chi connectivity index (χ3n) is 8.49. The Labute approximate surface area is 233 Å². The molecule has 0 atom stereocenters. The molecule has 2 nitrogen and oxygen atoms in total.